The van der Waals surface area contributed by atoms with Crippen molar-refractivity contribution in [3.05, 3.63) is 34.9 Å². The molecule has 1 aromatic rings. The molecule has 7 heteroatoms. The normalized spacial score (nSPS) is 29.3. The molecule has 0 spiro atoms. The summed E-state index contributed by atoms with van der Waals surface area (Å²) in [5, 5.41) is 15.7. The number of nitriles is 1. The van der Waals surface area contributed by atoms with Crippen molar-refractivity contribution in [2.45, 2.75) is 89.4 Å². The Bertz CT molecular complexity index is 1020. The third-order valence-corrected chi connectivity index (χ3v) is 8.30. The monoisotopic (exact) mass is 448 g/mol. The lowest BCUT2D eigenvalue weighted by Gasteiger charge is -2.36. The van der Waals surface area contributed by atoms with Crippen molar-refractivity contribution in [3.63, 3.8) is 0 Å². The Morgan fingerprint density at radius 1 is 1.21 bits per heavy atom. The van der Waals surface area contributed by atoms with Crippen molar-refractivity contribution in [1.29, 1.82) is 5.26 Å². The van der Waals surface area contributed by atoms with Crippen LogP contribution in [0.15, 0.2) is 18.2 Å². The van der Waals surface area contributed by atoms with Crippen LogP contribution in [0.5, 0.6) is 0 Å². The minimum Gasteiger partial charge on any atom is -0.322 e. The molecule has 2 N–H and O–H groups in total. The molecule has 1 aromatic carbocycles. The fourth-order valence-corrected chi connectivity index (χ4v) is 5.99. The van der Waals surface area contributed by atoms with E-state index < -0.39 is 6.04 Å². The largest absolute Gasteiger partial charge is 0.322 e. The van der Waals surface area contributed by atoms with Crippen LogP contribution in [0.2, 0.25) is 0 Å². The maximum absolute atomic E-state index is 13.0. The van der Waals surface area contributed by atoms with Gasteiger partial charge in [-0.25, -0.2) is 0 Å². The van der Waals surface area contributed by atoms with Gasteiger partial charge in [0, 0.05) is 30.6 Å². The topological polar surface area (TPSA) is 102 Å². The fourth-order valence-electron chi connectivity index (χ4n) is 5.99. The standard InChI is InChI=1S/C26H32N4O3/c1-16(26(15-27)10-11-26)28-21-5-3-2-4-18(21)12-17-6-7-20-19(13-17)14-30(25(20)33)22-8-9-23(31)29-24(22)32/h6-7,13,16,18,21-22,28H,2-5,8-12,14H2,1H3,(H,29,31,32)/t16-,18+,21-,22?/m0/s1. The number of carbonyl (C=O) groups is 3. The van der Waals surface area contributed by atoms with Crippen molar-refractivity contribution in [3.8, 4) is 6.07 Å². The highest BCUT2D eigenvalue weighted by molar-refractivity contribution is 6.05. The van der Waals surface area contributed by atoms with Gasteiger partial charge in [0.25, 0.3) is 5.91 Å². The van der Waals surface area contributed by atoms with Crippen LogP contribution in [-0.4, -0.2) is 40.7 Å². The number of piperidine rings is 1. The SMILES string of the molecule is C[C@H](N[C@H]1CCCC[C@@H]1Cc1ccc2c(c1)CN(C1CCC(=O)NC1=O)C2=O)C1(C#N)CC1. The molecule has 2 aliphatic carbocycles. The number of imide groups is 1. The van der Waals surface area contributed by atoms with E-state index in [1.54, 1.807) is 4.90 Å². The van der Waals surface area contributed by atoms with Gasteiger partial charge in [-0.3, -0.25) is 19.7 Å². The molecule has 3 amide bonds. The zero-order chi connectivity index (χ0) is 23.2. The van der Waals surface area contributed by atoms with E-state index >= 15 is 0 Å². The molecule has 4 atom stereocenters. The Morgan fingerprint density at radius 3 is 2.73 bits per heavy atom. The summed E-state index contributed by atoms with van der Waals surface area (Å²) in [5.41, 5.74) is 2.69. The summed E-state index contributed by atoms with van der Waals surface area (Å²) < 4.78 is 0. The second-order valence-electron chi connectivity index (χ2n) is 10.4. The molecule has 1 saturated heterocycles. The summed E-state index contributed by atoms with van der Waals surface area (Å²) in [6.45, 7) is 2.58. The van der Waals surface area contributed by atoms with Crippen LogP contribution >= 0.6 is 0 Å². The third kappa shape index (κ3) is 4.17. The van der Waals surface area contributed by atoms with Crippen LogP contribution in [-0.2, 0) is 22.6 Å². The van der Waals surface area contributed by atoms with Crippen molar-refractivity contribution in [2.24, 2.45) is 11.3 Å². The fraction of sp³-hybridized carbons (Fsp3) is 0.615. The van der Waals surface area contributed by atoms with Gasteiger partial charge in [0.05, 0.1) is 11.5 Å². The van der Waals surface area contributed by atoms with Gasteiger partial charge in [-0.2, -0.15) is 5.26 Å². The molecule has 2 heterocycles. The first-order chi connectivity index (χ1) is 15.9. The average molecular weight is 449 g/mol. The Labute approximate surface area is 194 Å². The molecule has 3 fully saturated rings. The quantitative estimate of drug-likeness (QED) is 0.652. The van der Waals surface area contributed by atoms with Gasteiger partial charge in [-0.05, 0) is 68.6 Å². The van der Waals surface area contributed by atoms with Crippen molar-refractivity contribution >= 4 is 17.7 Å². The van der Waals surface area contributed by atoms with Crippen molar-refractivity contribution in [2.75, 3.05) is 0 Å². The van der Waals surface area contributed by atoms with E-state index in [1.807, 2.05) is 6.07 Å². The van der Waals surface area contributed by atoms with Crippen LogP contribution in [0.4, 0.5) is 0 Å². The number of amides is 3. The Kier molecular flexibility index (Phi) is 5.74. The summed E-state index contributed by atoms with van der Waals surface area (Å²) >= 11 is 0. The lowest BCUT2D eigenvalue weighted by molar-refractivity contribution is -0.136. The average Bonchev–Trinajstić information content (AvgIpc) is 3.54. The molecule has 1 unspecified atom stereocenters. The number of carbonyl (C=O) groups excluding carboxylic acids is 3. The minimum atomic E-state index is -0.575. The van der Waals surface area contributed by atoms with E-state index in [1.165, 1.54) is 24.8 Å². The Hall–Kier alpha value is -2.72. The smallest absolute Gasteiger partial charge is 0.255 e. The van der Waals surface area contributed by atoms with Gasteiger partial charge in [0.2, 0.25) is 11.8 Å². The Morgan fingerprint density at radius 2 is 2.00 bits per heavy atom. The molecule has 0 aromatic heterocycles. The summed E-state index contributed by atoms with van der Waals surface area (Å²) in [6.07, 6.45) is 8.36. The molecular weight excluding hydrogens is 416 g/mol. The first kappa shape index (κ1) is 22.1. The number of nitrogens with one attached hydrogen (secondary N) is 2. The summed E-state index contributed by atoms with van der Waals surface area (Å²) in [7, 11) is 0. The van der Waals surface area contributed by atoms with Gasteiger partial charge in [0.15, 0.2) is 0 Å². The number of rotatable bonds is 6. The highest BCUT2D eigenvalue weighted by atomic mass is 16.2. The van der Waals surface area contributed by atoms with E-state index in [0.29, 0.717) is 30.5 Å². The lowest BCUT2D eigenvalue weighted by atomic mass is 9.79. The number of hydrogen-bond donors (Lipinski definition) is 2. The van der Waals surface area contributed by atoms with E-state index in [-0.39, 0.29) is 35.6 Å². The summed E-state index contributed by atoms with van der Waals surface area (Å²) in [6, 6.07) is 8.67. The van der Waals surface area contributed by atoms with E-state index in [9.17, 15) is 19.6 Å². The van der Waals surface area contributed by atoms with Gasteiger partial charge in [-0.1, -0.05) is 25.0 Å². The molecule has 0 radical (unpaired) electrons. The first-order valence-corrected chi connectivity index (χ1v) is 12.3. The summed E-state index contributed by atoms with van der Waals surface area (Å²) in [5.74, 6) is -0.251. The van der Waals surface area contributed by atoms with Crippen LogP contribution in [0.3, 0.4) is 0 Å². The van der Waals surface area contributed by atoms with Crippen LogP contribution in [0.25, 0.3) is 0 Å². The van der Waals surface area contributed by atoms with Gasteiger partial charge in [0.1, 0.15) is 6.04 Å². The highest BCUT2D eigenvalue weighted by Crippen LogP contribution is 2.48. The maximum Gasteiger partial charge on any atom is 0.255 e. The van der Waals surface area contributed by atoms with Crippen LogP contribution in [0.1, 0.15) is 79.8 Å². The molecule has 7 nitrogen and oxygen atoms in total. The second kappa shape index (κ2) is 8.57. The molecule has 174 valence electrons. The molecule has 33 heavy (non-hydrogen) atoms. The van der Waals surface area contributed by atoms with Crippen molar-refractivity contribution < 1.29 is 14.4 Å². The Balaban J connectivity index is 1.27. The highest BCUT2D eigenvalue weighted by Gasteiger charge is 2.49. The van der Waals surface area contributed by atoms with Gasteiger partial charge >= 0.3 is 0 Å². The third-order valence-electron chi connectivity index (χ3n) is 8.30. The number of hydrogen-bond acceptors (Lipinski definition) is 5. The molecule has 0 bridgehead atoms. The van der Waals surface area contributed by atoms with Crippen LogP contribution < -0.4 is 10.6 Å². The predicted molar refractivity (Wildman–Crippen MR) is 122 cm³/mol. The lowest BCUT2D eigenvalue weighted by Crippen LogP contribution is -2.52. The zero-order valence-corrected chi connectivity index (χ0v) is 19.2. The number of fused-ring (bicyclic) bond motifs is 1. The molecule has 2 saturated carbocycles. The molecular formula is C26H32N4O3. The van der Waals surface area contributed by atoms with E-state index in [4.69, 9.17) is 0 Å². The number of nitrogens with zero attached hydrogens (tertiary/aromatic N) is 2. The molecule has 2 aliphatic heterocycles. The van der Waals surface area contributed by atoms with E-state index in [2.05, 4.69) is 35.8 Å². The predicted octanol–water partition coefficient (Wildman–Crippen LogP) is 2.83. The summed E-state index contributed by atoms with van der Waals surface area (Å²) in [4.78, 5) is 38.3. The number of benzene rings is 1. The molecule has 5 rings (SSSR count). The second-order valence-corrected chi connectivity index (χ2v) is 10.4. The maximum atomic E-state index is 13.0. The van der Waals surface area contributed by atoms with E-state index in [0.717, 1.165) is 31.2 Å². The van der Waals surface area contributed by atoms with Crippen LogP contribution in [0, 0.1) is 22.7 Å². The van der Waals surface area contributed by atoms with Gasteiger partial charge in [-0.15, -0.1) is 0 Å². The molecule has 4 aliphatic rings. The minimum absolute atomic E-state index is 0.122. The van der Waals surface area contributed by atoms with Gasteiger partial charge < -0.3 is 10.2 Å². The van der Waals surface area contributed by atoms with Crippen molar-refractivity contribution in [1.82, 2.24) is 15.5 Å². The zero-order valence-electron chi connectivity index (χ0n) is 19.2. The first-order valence-electron chi connectivity index (χ1n) is 12.3.